The zero-order valence-corrected chi connectivity index (χ0v) is 14.4. The summed E-state index contributed by atoms with van der Waals surface area (Å²) in [5, 5.41) is 11.8. The first-order valence-corrected chi connectivity index (χ1v) is 8.75. The SMILES string of the molecule is COc1ccc([N+](=O)[O-])cc1CN1CCc2nc(SC)ncc2C1. The smallest absolute Gasteiger partial charge is 0.270 e. The van der Waals surface area contributed by atoms with Gasteiger partial charge in [0, 0.05) is 55.5 Å². The van der Waals surface area contributed by atoms with Crippen LogP contribution in [0.5, 0.6) is 5.75 Å². The molecule has 1 aromatic carbocycles. The number of nitro groups is 1. The molecule has 8 heteroatoms. The summed E-state index contributed by atoms with van der Waals surface area (Å²) >= 11 is 1.54. The van der Waals surface area contributed by atoms with Gasteiger partial charge in [-0.3, -0.25) is 15.0 Å². The van der Waals surface area contributed by atoms with E-state index in [4.69, 9.17) is 4.74 Å². The third kappa shape index (κ3) is 3.49. The third-order valence-electron chi connectivity index (χ3n) is 4.04. The number of benzene rings is 1. The summed E-state index contributed by atoms with van der Waals surface area (Å²) in [5.41, 5.74) is 3.10. The second-order valence-corrected chi connectivity index (χ2v) is 6.32. The molecule has 0 aliphatic carbocycles. The van der Waals surface area contributed by atoms with E-state index >= 15 is 0 Å². The molecule has 0 amide bonds. The van der Waals surface area contributed by atoms with Crippen molar-refractivity contribution in [3.8, 4) is 5.75 Å². The fraction of sp³-hybridized carbons (Fsp3) is 0.375. The molecule has 0 bridgehead atoms. The van der Waals surface area contributed by atoms with Gasteiger partial charge in [-0.25, -0.2) is 9.97 Å². The summed E-state index contributed by atoms with van der Waals surface area (Å²) in [6.45, 7) is 2.17. The zero-order valence-electron chi connectivity index (χ0n) is 13.6. The van der Waals surface area contributed by atoms with Gasteiger partial charge in [0.05, 0.1) is 17.7 Å². The van der Waals surface area contributed by atoms with Crippen molar-refractivity contribution in [2.24, 2.45) is 0 Å². The molecule has 1 aliphatic heterocycles. The van der Waals surface area contributed by atoms with Gasteiger partial charge in [-0.2, -0.15) is 0 Å². The van der Waals surface area contributed by atoms with Crippen LogP contribution in [0.4, 0.5) is 5.69 Å². The lowest BCUT2D eigenvalue weighted by atomic mass is 10.1. The van der Waals surface area contributed by atoms with Crippen molar-refractivity contribution < 1.29 is 9.66 Å². The van der Waals surface area contributed by atoms with Crippen LogP contribution >= 0.6 is 11.8 Å². The third-order valence-corrected chi connectivity index (χ3v) is 4.60. The lowest BCUT2D eigenvalue weighted by Gasteiger charge is -2.28. The minimum Gasteiger partial charge on any atom is -0.496 e. The topological polar surface area (TPSA) is 81.4 Å². The molecule has 2 heterocycles. The molecule has 0 N–H and O–H groups in total. The highest BCUT2D eigenvalue weighted by atomic mass is 32.2. The summed E-state index contributed by atoms with van der Waals surface area (Å²) in [4.78, 5) is 21.7. The van der Waals surface area contributed by atoms with Crippen molar-refractivity contribution in [2.75, 3.05) is 19.9 Å². The summed E-state index contributed by atoms with van der Waals surface area (Å²) in [5.74, 6) is 0.667. The molecule has 24 heavy (non-hydrogen) atoms. The van der Waals surface area contributed by atoms with E-state index < -0.39 is 0 Å². The van der Waals surface area contributed by atoms with Crippen molar-refractivity contribution >= 4 is 17.4 Å². The molecule has 0 saturated carbocycles. The van der Waals surface area contributed by atoms with E-state index in [9.17, 15) is 10.1 Å². The highest BCUT2D eigenvalue weighted by Crippen LogP contribution is 2.27. The first kappa shape index (κ1) is 16.7. The van der Waals surface area contributed by atoms with E-state index in [0.29, 0.717) is 12.3 Å². The molecular weight excluding hydrogens is 328 g/mol. The predicted octanol–water partition coefficient (Wildman–Crippen LogP) is 2.67. The highest BCUT2D eigenvalue weighted by molar-refractivity contribution is 7.98. The average Bonchev–Trinajstić information content (AvgIpc) is 2.61. The van der Waals surface area contributed by atoms with Crippen LogP contribution in [-0.2, 0) is 19.5 Å². The number of rotatable bonds is 5. The molecule has 0 saturated heterocycles. The molecule has 1 aromatic heterocycles. The van der Waals surface area contributed by atoms with Crippen LogP contribution in [-0.4, -0.2) is 39.7 Å². The number of aromatic nitrogens is 2. The number of nitrogens with zero attached hydrogens (tertiary/aromatic N) is 4. The summed E-state index contributed by atoms with van der Waals surface area (Å²) in [7, 11) is 1.58. The van der Waals surface area contributed by atoms with E-state index in [1.165, 1.54) is 17.8 Å². The quantitative estimate of drug-likeness (QED) is 0.356. The van der Waals surface area contributed by atoms with Crippen LogP contribution < -0.4 is 4.74 Å². The first-order chi connectivity index (χ1) is 11.6. The van der Waals surface area contributed by atoms with Crippen molar-refractivity contribution in [3.63, 3.8) is 0 Å². The van der Waals surface area contributed by atoms with E-state index in [1.54, 1.807) is 19.2 Å². The average molecular weight is 346 g/mol. The second kappa shape index (κ2) is 7.14. The van der Waals surface area contributed by atoms with E-state index in [-0.39, 0.29) is 10.6 Å². The summed E-state index contributed by atoms with van der Waals surface area (Å²) < 4.78 is 5.34. The molecule has 2 aromatic rings. The molecule has 0 fully saturated rings. The Kier molecular flexibility index (Phi) is 4.96. The number of ether oxygens (including phenoxy) is 1. The lowest BCUT2D eigenvalue weighted by molar-refractivity contribution is -0.385. The van der Waals surface area contributed by atoms with Gasteiger partial charge in [-0.1, -0.05) is 11.8 Å². The number of thioether (sulfide) groups is 1. The van der Waals surface area contributed by atoms with Crippen LogP contribution in [0.2, 0.25) is 0 Å². The zero-order chi connectivity index (χ0) is 17.1. The van der Waals surface area contributed by atoms with Crippen LogP contribution in [0.25, 0.3) is 0 Å². The molecule has 126 valence electrons. The molecule has 0 spiro atoms. The fourth-order valence-corrected chi connectivity index (χ4v) is 3.19. The standard InChI is InChI=1S/C16H18N4O3S/c1-23-15-4-3-13(20(21)22)7-11(15)9-19-6-5-14-12(10-19)8-17-16(18-14)24-2/h3-4,7-8H,5-6,9-10H2,1-2H3. The monoisotopic (exact) mass is 346 g/mol. The van der Waals surface area contributed by atoms with Crippen LogP contribution in [0.3, 0.4) is 0 Å². The number of methoxy groups -OCH3 is 1. The van der Waals surface area contributed by atoms with E-state index in [0.717, 1.165) is 41.5 Å². The molecule has 0 unspecified atom stereocenters. The predicted molar refractivity (Wildman–Crippen MR) is 91.3 cm³/mol. The van der Waals surface area contributed by atoms with Crippen LogP contribution in [0.15, 0.2) is 29.6 Å². The Balaban J connectivity index is 1.79. The number of hydrogen-bond acceptors (Lipinski definition) is 7. The Hall–Kier alpha value is -2.19. The molecule has 7 nitrogen and oxygen atoms in total. The largest absolute Gasteiger partial charge is 0.496 e. The van der Waals surface area contributed by atoms with Gasteiger partial charge < -0.3 is 4.74 Å². The molecule has 0 atom stereocenters. The molecular formula is C16H18N4O3S. The minimum atomic E-state index is -0.383. The van der Waals surface area contributed by atoms with E-state index in [2.05, 4.69) is 14.9 Å². The van der Waals surface area contributed by atoms with Gasteiger partial charge in [-0.05, 0) is 12.3 Å². The Morgan fingerprint density at radius 2 is 2.29 bits per heavy atom. The van der Waals surface area contributed by atoms with Crippen LogP contribution in [0, 0.1) is 10.1 Å². The lowest BCUT2D eigenvalue weighted by Crippen LogP contribution is -2.31. The summed E-state index contributed by atoms with van der Waals surface area (Å²) in [6, 6.07) is 4.70. The number of non-ortho nitro benzene ring substituents is 1. The number of fused-ring (bicyclic) bond motifs is 1. The second-order valence-electron chi connectivity index (χ2n) is 5.54. The normalized spacial score (nSPS) is 14.2. The Morgan fingerprint density at radius 3 is 3.00 bits per heavy atom. The highest BCUT2D eigenvalue weighted by Gasteiger charge is 2.20. The maximum atomic E-state index is 11.0. The van der Waals surface area contributed by atoms with Gasteiger partial charge in [0.25, 0.3) is 5.69 Å². The molecule has 3 rings (SSSR count). The Bertz CT molecular complexity index is 769. The van der Waals surface area contributed by atoms with Crippen molar-refractivity contribution in [1.29, 1.82) is 0 Å². The van der Waals surface area contributed by atoms with Gasteiger partial charge in [0.2, 0.25) is 0 Å². The van der Waals surface area contributed by atoms with Gasteiger partial charge >= 0.3 is 0 Å². The number of nitro benzene ring substituents is 1. The van der Waals surface area contributed by atoms with E-state index in [1.807, 2.05) is 12.5 Å². The van der Waals surface area contributed by atoms with Gasteiger partial charge in [-0.15, -0.1) is 0 Å². The first-order valence-electron chi connectivity index (χ1n) is 7.53. The molecule has 0 radical (unpaired) electrons. The maximum absolute atomic E-state index is 11.0. The van der Waals surface area contributed by atoms with Gasteiger partial charge in [0.15, 0.2) is 5.16 Å². The van der Waals surface area contributed by atoms with Crippen molar-refractivity contribution in [1.82, 2.24) is 14.9 Å². The Labute approximate surface area is 144 Å². The van der Waals surface area contributed by atoms with Gasteiger partial charge in [0.1, 0.15) is 5.75 Å². The molecule has 1 aliphatic rings. The van der Waals surface area contributed by atoms with Crippen molar-refractivity contribution in [2.45, 2.75) is 24.7 Å². The maximum Gasteiger partial charge on any atom is 0.270 e. The fourth-order valence-electron chi connectivity index (χ4n) is 2.83. The minimum absolute atomic E-state index is 0.0798. The van der Waals surface area contributed by atoms with Crippen LogP contribution in [0.1, 0.15) is 16.8 Å². The number of hydrogen-bond donors (Lipinski definition) is 0. The van der Waals surface area contributed by atoms with Crippen molar-refractivity contribution in [3.05, 3.63) is 51.3 Å². The summed E-state index contributed by atoms with van der Waals surface area (Å²) in [6.07, 6.45) is 4.69. The Morgan fingerprint density at radius 1 is 1.46 bits per heavy atom.